The van der Waals surface area contributed by atoms with Crippen LogP contribution in [0.5, 0.6) is 0 Å². The highest BCUT2D eigenvalue weighted by molar-refractivity contribution is 8.00. The molecule has 0 fully saturated rings. The molecule has 5 nitrogen and oxygen atoms in total. The molecule has 1 atom stereocenters. The smallest absolute Gasteiger partial charge is 0.239 e. The largest absolute Gasteiger partial charge is 0.396 e. The van der Waals surface area contributed by atoms with Gasteiger partial charge in [-0.1, -0.05) is 41.9 Å². The predicted octanol–water partition coefficient (Wildman–Crippen LogP) is 4.34. The molecule has 3 aromatic rings. The fraction of sp³-hybridized carbons (Fsp3) is 0.167. The third kappa shape index (κ3) is 5.04. The minimum absolute atomic E-state index is 0.0793. The van der Waals surface area contributed by atoms with Gasteiger partial charge in [-0.25, -0.2) is 0 Å². The van der Waals surface area contributed by atoms with E-state index in [0.717, 1.165) is 22.0 Å². The molecule has 8 heteroatoms. The number of benzene rings is 2. The summed E-state index contributed by atoms with van der Waals surface area (Å²) in [5.41, 5.74) is 0.895. The molecule has 26 heavy (non-hydrogen) atoms. The summed E-state index contributed by atoms with van der Waals surface area (Å²) >= 11 is 8.40. The van der Waals surface area contributed by atoms with Gasteiger partial charge in [0.25, 0.3) is 0 Å². The lowest BCUT2D eigenvalue weighted by molar-refractivity contribution is -0.116. The molecular weight excluding hydrogens is 390 g/mol. The Morgan fingerprint density at radius 2 is 1.92 bits per heavy atom. The van der Waals surface area contributed by atoms with Crippen molar-refractivity contribution in [2.45, 2.75) is 16.6 Å². The fourth-order valence-corrected chi connectivity index (χ4v) is 3.93. The van der Waals surface area contributed by atoms with Crippen molar-refractivity contribution in [3.05, 3.63) is 59.6 Å². The summed E-state index contributed by atoms with van der Waals surface area (Å²) in [6.45, 7) is -0.0793. The average Bonchev–Trinajstić information content (AvgIpc) is 3.12. The van der Waals surface area contributed by atoms with Crippen LogP contribution in [0.25, 0.3) is 11.4 Å². The van der Waals surface area contributed by atoms with E-state index in [1.165, 1.54) is 11.8 Å². The van der Waals surface area contributed by atoms with Gasteiger partial charge in [0.1, 0.15) is 0 Å². The summed E-state index contributed by atoms with van der Waals surface area (Å²) in [6.07, 6.45) is 0.337. The molecule has 0 bridgehead atoms. The van der Waals surface area contributed by atoms with Crippen molar-refractivity contribution in [1.29, 1.82) is 0 Å². The number of thioether (sulfide) groups is 1. The first kappa shape index (κ1) is 18.8. The van der Waals surface area contributed by atoms with Crippen LogP contribution >= 0.6 is 34.9 Å². The van der Waals surface area contributed by atoms with Gasteiger partial charge in [-0.05, 0) is 30.7 Å². The van der Waals surface area contributed by atoms with Crippen molar-refractivity contribution in [1.82, 2.24) is 9.36 Å². The number of hydrogen-bond acceptors (Lipinski definition) is 6. The minimum atomic E-state index is -0.440. The van der Waals surface area contributed by atoms with Crippen molar-refractivity contribution in [2.24, 2.45) is 0 Å². The van der Waals surface area contributed by atoms with Gasteiger partial charge in [0, 0.05) is 33.6 Å². The molecular formula is C18H16ClN3O2S2. The first-order chi connectivity index (χ1) is 12.7. The number of aromatic nitrogens is 2. The highest BCUT2D eigenvalue weighted by Crippen LogP contribution is 2.28. The average molecular weight is 406 g/mol. The van der Waals surface area contributed by atoms with E-state index in [0.29, 0.717) is 22.4 Å². The van der Waals surface area contributed by atoms with E-state index in [9.17, 15) is 9.90 Å². The van der Waals surface area contributed by atoms with Crippen molar-refractivity contribution in [3.63, 3.8) is 0 Å². The molecule has 1 aromatic heterocycles. The van der Waals surface area contributed by atoms with Crippen LogP contribution in [0.4, 0.5) is 5.13 Å². The van der Waals surface area contributed by atoms with E-state index < -0.39 is 5.25 Å². The van der Waals surface area contributed by atoms with Gasteiger partial charge in [0.2, 0.25) is 11.0 Å². The quantitative estimate of drug-likeness (QED) is 0.572. The molecule has 2 N–H and O–H groups in total. The maximum Gasteiger partial charge on any atom is 0.239 e. The number of rotatable bonds is 7. The van der Waals surface area contributed by atoms with E-state index in [4.69, 9.17) is 11.6 Å². The first-order valence-corrected chi connectivity index (χ1v) is 9.92. The Labute approximate surface area is 164 Å². The van der Waals surface area contributed by atoms with E-state index in [1.54, 1.807) is 12.1 Å². The Hall–Kier alpha value is -1.93. The molecule has 0 aliphatic carbocycles. The molecule has 0 aliphatic heterocycles. The van der Waals surface area contributed by atoms with Crippen molar-refractivity contribution >= 4 is 45.9 Å². The molecule has 1 unspecified atom stereocenters. The summed E-state index contributed by atoms with van der Waals surface area (Å²) in [6, 6.07) is 16.8. The van der Waals surface area contributed by atoms with Crippen LogP contribution in [-0.2, 0) is 4.79 Å². The zero-order chi connectivity index (χ0) is 18.4. The van der Waals surface area contributed by atoms with Gasteiger partial charge in [-0.3, -0.25) is 10.1 Å². The summed E-state index contributed by atoms with van der Waals surface area (Å²) in [7, 11) is 0. The Morgan fingerprint density at radius 1 is 1.19 bits per heavy atom. The van der Waals surface area contributed by atoms with Gasteiger partial charge >= 0.3 is 0 Å². The number of nitrogens with one attached hydrogen (secondary N) is 1. The Balaban J connectivity index is 1.68. The van der Waals surface area contributed by atoms with Crippen LogP contribution in [-0.4, -0.2) is 32.2 Å². The molecule has 0 aliphatic rings. The standard InChI is InChI=1S/C18H16ClN3O2S2/c19-13-6-8-14(9-7-13)25-15(10-11-23)17(24)21-18-20-16(22-26-18)12-4-2-1-3-5-12/h1-9,15,23H,10-11H2,(H,20,21,22,24). The number of carbonyl (C=O) groups excluding carboxylic acids is 1. The summed E-state index contributed by atoms with van der Waals surface area (Å²) < 4.78 is 4.28. The number of hydrogen-bond donors (Lipinski definition) is 2. The number of halogens is 1. The van der Waals surface area contributed by atoms with Gasteiger partial charge < -0.3 is 5.11 Å². The summed E-state index contributed by atoms with van der Waals surface area (Å²) in [5, 5.41) is 12.7. The Kier molecular flexibility index (Phi) is 6.62. The number of amides is 1. The molecule has 134 valence electrons. The van der Waals surface area contributed by atoms with Crippen LogP contribution in [0.3, 0.4) is 0 Å². The van der Waals surface area contributed by atoms with E-state index >= 15 is 0 Å². The van der Waals surface area contributed by atoms with Crippen LogP contribution in [0.1, 0.15) is 6.42 Å². The summed E-state index contributed by atoms with van der Waals surface area (Å²) in [5.74, 6) is 0.365. The van der Waals surface area contributed by atoms with Gasteiger partial charge in [-0.2, -0.15) is 9.36 Å². The Bertz CT molecular complexity index is 856. The topological polar surface area (TPSA) is 75.1 Å². The zero-order valence-corrected chi connectivity index (χ0v) is 16.0. The molecule has 0 saturated carbocycles. The van der Waals surface area contributed by atoms with Gasteiger partial charge in [0.05, 0.1) is 5.25 Å². The van der Waals surface area contributed by atoms with Crippen LogP contribution in [0.15, 0.2) is 59.5 Å². The van der Waals surface area contributed by atoms with Crippen molar-refractivity contribution in [2.75, 3.05) is 11.9 Å². The van der Waals surface area contributed by atoms with Crippen LogP contribution in [0.2, 0.25) is 5.02 Å². The number of anilines is 1. The molecule has 1 heterocycles. The number of aliphatic hydroxyl groups excluding tert-OH is 1. The maximum absolute atomic E-state index is 12.6. The second-order valence-corrected chi connectivity index (χ2v) is 7.82. The van der Waals surface area contributed by atoms with Crippen molar-refractivity contribution in [3.8, 4) is 11.4 Å². The van der Waals surface area contributed by atoms with E-state index in [1.807, 2.05) is 42.5 Å². The number of aliphatic hydroxyl groups is 1. The number of carbonyl (C=O) groups is 1. The van der Waals surface area contributed by atoms with Crippen LogP contribution in [0, 0.1) is 0 Å². The van der Waals surface area contributed by atoms with Gasteiger partial charge in [0.15, 0.2) is 5.82 Å². The highest BCUT2D eigenvalue weighted by atomic mass is 35.5. The van der Waals surface area contributed by atoms with Crippen molar-refractivity contribution < 1.29 is 9.90 Å². The van der Waals surface area contributed by atoms with Gasteiger partial charge in [-0.15, -0.1) is 11.8 Å². The van der Waals surface area contributed by atoms with E-state index in [2.05, 4.69) is 14.7 Å². The molecule has 2 aromatic carbocycles. The second-order valence-electron chi connectivity index (χ2n) is 5.35. The maximum atomic E-state index is 12.6. The molecule has 1 amide bonds. The lowest BCUT2D eigenvalue weighted by atomic mass is 10.2. The third-order valence-electron chi connectivity index (χ3n) is 3.46. The van der Waals surface area contributed by atoms with Crippen LogP contribution < -0.4 is 5.32 Å². The number of nitrogens with zero attached hydrogens (tertiary/aromatic N) is 2. The monoisotopic (exact) mass is 405 g/mol. The lowest BCUT2D eigenvalue weighted by Gasteiger charge is -2.14. The lowest BCUT2D eigenvalue weighted by Crippen LogP contribution is -2.26. The first-order valence-electron chi connectivity index (χ1n) is 7.89. The second kappa shape index (κ2) is 9.14. The molecule has 0 spiro atoms. The normalized spacial score (nSPS) is 11.9. The molecule has 0 saturated heterocycles. The summed E-state index contributed by atoms with van der Waals surface area (Å²) in [4.78, 5) is 17.9. The van der Waals surface area contributed by atoms with E-state index in [-0.39, 0.29) is 12.5 Å². The predicted molar refractivity (Wildman–Crippen MR) is 107 cm³/mol. The fourth-order valence-electron chi connectivity index (χ4n) is 2.20. The minimum Gasteiger partial charge on any atom is -0.396 e. The SMILES string of the molecule is O=C(Nc1nc(-c2ccccc2)ns1)C(CCO)Sc1ccc(Cl)cc1. The molecule has 0 radical (unpaired) electrons. The Morgan fingerprint density at radius 3 is 2.62 bits per heavy atom. The molecule has 3 rings (SSSR count). The highest BCUT2D eigenvalue weighted by Gasteiger charge is 2.21. The zero-order valence-electron chi connectivity index (χ0n) is 13.6. The third-order valence-corrected chi connectivity index (χ3v) is 5.62.